The molecule has 0 aliphatic heterocycles. The molecule has 1 nitrogen and oxygen atoms in total. The molecule has 0 amide bonds. The van der Waals surface area contributed by atoms with Crippen LogP contribution in [0.5, 0.6) is 0 Å². The van der Waals surface area contributed by atoms with Crippen molar-refractivity contribution < 1.29 is 4.79 Å². The number of hydrogen-bond acceptors (Lipinski definition) is 1. The Morgan fingerprint density at radius 1 is 0.944 bits per heavy atom. The normalized spacial score (nSPS) is 12.5. The Bertz CT molecular complexity index is 526. The Balaban J connectivity index is 2.06. The van der Waals surface area contributed by atoms with E-state index in [1.807, 2.05) is 54.6 Å². The van der Waals surface area contributed by atoms with Crippen LogP contribution in [0, 0.1) is 0 Å². The van der Waals surface area contributed by atoms with Gasteiger partial charge in [-0.2, -0.15) is 0 Å². The van der Waals surface area contributed by atoms with Gasteiger partial charge in [0.05, 0.1) is 0 Å². The second-order valence-corrected chi connectivity index (χ2v) is 4.29. The SMILES string of the molecule is C[C@@H](/C=C/C(=O)c1ccccc1)c1ccccc1. The van der Waals surface area contributed by atoms with Crippen LogP contribution in [0.15, 0.2) is 72.8 Å². The van der Waals surface area contributed by atoms with E-state index in [9.17, 15) is 4.79 Å². The third-order valence-corrected chi connectivity index (χ3v) is 2.92. The minimum absolute atomic E-state index is 0.0541. The van der Waals surface area contributed by atoms with Gasteiger partial charge in [-0.1, -0.05) is 73.7 Å². The molecule has 0 N–H and O–H groups in total. The number of allylic oxidation sites excluding steroid dienone is 2. The summed E-state index contributed by atoms with van der Waals surface area (Å²) in [5, 5.41) is 0. The van der Waals surface area contributed by atoms with Gasteiger partial charge in [0, 0.05) is 5.56 Å². The largest absolute Gasteiger partial charge is 0.289 e. The lowest BCUT2D eigenvalue weighted by atomic mass is 10.00. The Hall–Kier alpha value is -2.15. The van der Waals surface area contributed by atoms with E-state index in [1.165, 1.54) is 5.56 Å². The van der Waals surface area contributed by atoms with Gasteiger partial charge in [0.15, 0.2) is 5.78 Å². The van der Waals surface area contributed by atoms with Crippen molar-refractivity contribution in [3.05, 3.63) is 83.9 Å². The van der Waals surface area contributed by atoms with Crippen molar-refractivity contribution >= 4 is 5.78 Å². The van der Waals surface area contributed by atoms with Gasteiger partial charge in [0.1, 0.15) is 0 Å². The minimum atomic E-state index is 0.0541. The Kier molecular flexibility index (Phi) is 4.08. The van der Waals surface area contributed by atoms with Gasteiger partial charge < -0.3 is 0 Å². The molecular weight excluding hydrogens is 220 g/mol. The Labute approximate surface area is 108 Å². The smallest absolute Gasteiger partial charge is 0.185 e. The molecule has 0 aliphatic carbocycles. The molecule has 18 heavy (non-hydrogen) atoms. The van der Waals surface area contributed by atoms with Gasteiger partial charge in [0.2, 0.25) is 0 Å². The van der Waals surface area contributed by atoms with E-state index in [1.54, 1.807) is 6.08 Å². The number of ketones is 1. The highest BCUT2D eigenvalue weighted by molar-refractivity contribution is 6.04. The van der Waals surface area contributed by atoms with Gasteiger partial charge in [-0.3, -0.25) is 4.79 Å². The number of benzene rings is 2. The summed E-state index contributed by atoms with van der Waals surface area (Å²) in [6, 6.07) is 19.5. The third-order valence-electron chi connectivity index (χ3n) is 2.92. The van der Waals surface area contributed by atoms with Gasteiger partial charge in [-0.15, -0.1) is 0 Å². The molecule has 2 aromatic carbocycles. The monoisotopic (exact) mass is 236 g/mol. The standard InChI is InChI=1S/C17H16O/c1-14(15-8-4-2-5-9-15)12-13-17(18)16-10-6-3-7-11-16/h2-14H,1H3/b13-12+/t14-/m0/s1. The lowest BCUT2D eigenvalue weighted by molar-refractivity contribution is 0.104. The predicted octanol–water partition coefficient (Wildman–Crippen LogP) is 4.23. The molecule has 0 radical (unpaired) electrons. The molecule has 2 aromatic rings. The van der Waals surface area contributed by atoms with Gasteiger partial charge >= 0.3 is 0 Å². The molecule has 0 spiro atoms. The Morgan fingerprint density at radius 3 is 2.11 bits per heavy atom. The van der Waals surface area contributed by atoms with Crippen molar-refractivity contribution in [2.45, 2.75) is 12.8 Å². The topological polar surface area (TPSA) is 17.1 Å². The average Bonchev–Trinajstić information content (AvgIpc) is 2.46. The maximum absolute atomic E-state index is 11.9. The van der Waals surface area contributed by atoms with Crippen molar-refractivity contribution in [2.75, 3.05) is 0 Å². The maximum Gasteiger partial charge on any atom is 0.185 e. The fraction of sp³-hybridized carbons (Fsp3) is 0.118. The zero-order valence-electron chi connectivity index (χ0n) is 10.4. The zero-order chi connectivity index (χ0) is 12.8. The molecule has 0 bridgehead atoms. The van der Waals surface area contributed by atoms with E-state index < -0.39 is 0 Å². The van der Waals surface area contributed by atoms with Crippen molar-refractivity contribution in [2.24, 2.45) is 0 Å². The molecule has 0 aliphatic rings. The second kappa shape index (κ2) is 5.97. The second-order valence-electron chi connectivity index (χ2n) is 4.29. The van der Waals surface area contributed by atoms with Crippen LogP contribution < -0.4 is 0 Å². The van der Waals surface area contributed by atoms with E-state index in [0.29, 0.717) is 0 Å². The minimum Gasteiger partial charge on any atom is -0.289 e. The molecule has 0 saturated heterocycles. The van der Waals surface area contributed by atoms with Crippen LogP contribution in [-0.2, 0) is 0 Å². The van der Waals surface area contributed by atoms with Crippen molar-refractivity contribution in [1.29, 1.82) is 0 Å². The molecule has 1 heteroatoms. The molecule has 1 atom stereocenters. The quantitative estimate of drug-likeness (QED) is 0.573. The van der Waals surface area contributed by atoms with Crippen LogP contribution >= 0.6 is 0 Å². The number of hydrogen-bond donors (Lipinski definition) is 0. The summed E-state index contributed by atoms with van der Waals surface area (Å²) >= 11 is 0. The van der Waals surface area contributed by atoms with Crippen LogP contribution in [0.4, 0.5) is 0 Å². The molecule has 2 rings (SSSR count). The predicted molar refractivity (Wildman–Crippen MR) is 74.8 cm³/mol. The number of rotatable bonds is 4. The van der Waals surface area contributed by atoms with Crippen LogP contribution in [0.2, 0.25) is 0 Å². The van der Waals surface area contributed by atoms with E-state index in [2.05, 4.69) is 19.1 Å². The summed E-state index contributed by atoms with van der Waals surface area (Å²) < 4.78 is 0. The van der Waals surface area contributed by atoms with Crippen LogP contribution in [0.3, 0.4) is 0 Å². The van der Waals surface area contributed by atoms with E-state index in [4.69, 9.17) is 0 Å². The molecular formula is C17H16O. The first-order valence-electron chi connectivity index (χ1n) is 6.10. The lowest BCUT2D eigenvalue weighted by Crippen LogP contribution is -1.95. The number of carbonyl (C=O) groups excluding carboxylic acids is 1. The van der Waals surface area contributed by atoms with Gasteiger partial charge in [-0.25, -0.2) is 0 Å². The molecule has 0 aromatic heterocycles. The average molecular weight is 236 g/mol. The molecule has 0 saturated carbocycles. The highest BCUT2D eigenvalue weighted by Crippen LogP contribution is 2.16. The fourth-order valence-electron chi connectivity index (χ4n) is 1.80. The van der Waals surface area contributed by atoms with Crippen LogP contribution in [-0.4, -0.2) is 5.78 Å². The maximum atomic E-state index is 11.9. The Morgan fingerprint density at radius 2 is 1.50 bits per heavy atom. The molecule has 0 fully saturated rings. The summed E-state index contributed by atoms with van der Waals surface area (Å²) in [5.41, 5.74) is 1.95. The van der Waals surface area contributed by atoms with Crippen LogP contribution in [0.1, 0.15) is 28.8 Å². The van der Waals surface area contributed by atoms with Crippen molar-refractivity contribution in [3.8, 4) is 0 Å². The summed E-state index contributed by atoms with van der Waals surface area (Å²) in [6.45, 7) is 2.09. The van der Waals surface area contributed by atoms with E-state index >= 15 is 0 Å². The van der Waals surface area contributed by atoms with Crippen LogP contribution in [0.25, 0.3) is 0 Å². The zero-order valence-corrected chi connectivity index (χ0v) is 10.4. The molecule has 0 heterocycles. The summed E-state index contributed by atoms with van der Waals surface area (Å²) in [4.78, 5) is 11.9. The molecule has 90 valence electrons. The van der Waals surface area contributed by atoms with Crippen molar-refractivity contribution in [3.63, 3.8) is 0 Å². The highest BCUT2D eigenvalue weighted by Gasteiger charge is 2.03. The van der Waals surface area contributed by atoms with E-state index in [-0.39, 0.29) is 11.7 Å². The molecule has 0 unspecified atom stereocenters. The van der Waals surface area contributed by atoms with Gasteiger partial charge in [0.25, 0.3) is 0 Å². The first-order valence-corrected chi connectivity index (χ1v) is 6.10. The summed E-state index contributed by atoms with van der Waals surface area (Å²) in [7, 11) is 0. The number of carbonyl (C=O) groups is 1. The first kappa shape index (κ1) is 12.3. The van der Waals surface area contributed by atoms with Gasteiger partial charge in [-0.05, 0) is 17.6 Å². The highest BCUT2D eigenvalue weighted by atomic mass is 16.1. The third kappa shape index (κ3) is 3.17. The summed E-state index contributed by atoms with van der Waals surface area (Å²) in [6.07, 6.45) is 3.61. The fourth-order valence-corrected chi connectivity index (χ4v) is 1.80. The van der Waals surface area contributed by atoms with E-state index in [0.717, 1.165) is 5.56 Å². The van der Waals surface area contributed by atoms with Crippen molar-refractivity contribution in [1.82, 2.24) is 0 Å². The lowest BCUT2D eigenvalue weighted by Gasteiger charge is -2.05. The summed E-state index contributed by atoms with van der Waals surface area (Å²) in [5.74, 6) is 0.303. The first-order chi connectivity index (χ1) is 8.77.